The third-order valence-electron chi connectivity index (χ3n) is 3.60. The number of anilines is 1. The zero-order valence-electron chi connectivity index (χ0n) is 12.2. The van der Waals surface area contributed by atoms with Crippen molar-refractivity contribution in [1.82, 2.24) is 4.90 Å². The molecule has 3 N–H and O–H groups in total. The van der Waals surface area contributed by atoms with Gasteiger partial charge in [0.15, 0.2) is 0 Å². The first kappa shape index (κ1) is 15.3. The van der Waals surface area contributed by atoms with Crippen molar-refractivity contribution in [3.63, 3.8) is 0 Å². The molecule has 1 saturated heterocycles. The molecular weight excluding hydrogens is 316 g/mol. The lowest BCUT2D eigenvalue weighted by atomic mass is 10.1. The molecule has 0 bridgehead atoms. The third kappa shape index (κ3) is 3.52. The van der Waals surface area contributed by atoms with Gasteiger partial charge in [-0.3, -0.25) is 10.3 Å². The summed E-state index contributed by atoms with van der Waals surface area (Å²) in [5.74, 6) is 0.831. The van der Waals surface area contributed by atoms with Gasteiger partial charge in [0.2, 0.25) is 0 Å². The van der Waals surface area contributed by atoms with Crippen molar-refractivity contribution in [3.8, 4) is 0 Å². The lowest BCUT2D eigenvalue weighted by molar-refractivity contribution is 0.231. The molecule has 20 heavy (non-hydrogen) atoms. The first-order valence-electron chi connectivity index (χ1n) is 7.09. The number of nitrogens with one attached hydrogen (secondary N) is 1. The maximum Gasteiger partial charge on any atom is 0.126 e. The highest BCUT2D eigenvalue weighted by atomic mass is 79.9. The van der Waals surface area contributed by atoms with E-state index in [4.69, 9.17) is 11.1 Å². The molecule has 0 spiro atoms. The minimum absolute atomic E-state index is 0.122. The second kappa shape index (κ2) is 6.59. The Kier molecular flexibility index (Phi) is 5.05. The predicted molar refractivity (Wildman–Crippen MR) is 88.6 cm³/mol. The Morgan fingerprint density at radius 1 is 1.30 bits per heavy atom. The molecule has 1 fully saturated rings. The van der Waals surface area contributed by atoms with Crippen molar-refractivity contribution in [2.24, 2.45) is 11.7 Å². The number of piperazine rings is 1. The number of halogens is 1. The van der Waals surface area contributed by atoms with Crippen LogP contribution in [0.2, 0.25) is 0 Å². The average Bonchev–Trinajstić information content (AvgIpc) is 2.38. The highest BCUT2D eigenvalue weighted by Crippen LogP contribution is 2.28. The van der Waals surface area contributed by atoms with Crippen LogP contribution in [-0.2, 0) is 0 Å². The fourth-order valence-corrected chi connectivity index (χ4v) is 3.30. The number of amidine groups is 1. The van der Waals surface area contributed by atoms with Crippen molar-refractivity contribution in [2.75, 3.05) is 37.6 Å². The molecule has 1 aromatic rings. The Morgan fingerprint density at radius 2 is 1.95 bits per heavy atom. The summed E-state index contributed by atoms with van der Waals surface area (Å²) < 4.78 is 0.895. The summed E-state index contributed by atoms with van der Waals surface area (Å²) in [6.07, 6.45) is 0. The van der Waals surface area contributed by atoms with Gasteiger partial charge in [0.25, 0.3) is 0 Å². The van der Waals surface area contributed by atoms with E-state index in [0.717, 1.165) is 48.4 Å². The summed E-state index contributed by atoms with van der Waals surface area (Å²) >= 11 is 3.50. The first-order chi connectivity index (χ1) is 9.49. The van der Waals surface area contributed by atoms with Gasteiger partial charge >= 0.3 is 0 Å². The van der Waals surface area contributed by atoms with E-state index >= 15 is 0 Å². The SMILES string of the molecule is CC(C)CN1CCN(c2cccc(Br)c2C(=N)N)CC1. The highest BCUT2D eigenvalue weighted by Gasteiger charge is 2.21. The van der Waals surface area contributed by atoms with Gasteiger partial charge in [-0.15, -0.1) is 0 Å². The molecule has 0 radical (unpaired) electrons. The van der Waals surface area contributed by atoms with Crippen molar-refractivity contribution >= 4 is 27.5 Å². The summed E-state index contributed by atoms with van der Waals surface area (Å²) in [7, 11) is 0. The van der Waals surface area contributed by atoms with Crippen LogP contribution in [0.15, 0.2) is 22.7 Å². The summed E-state index contributed by atoms with van der Waals surface area (Å²) in [5, 5.41) is 7.78. The van der Waals surface area contributed by atoms with E-state index in [-0.39, 0.29) is 5.84 Å². The minimum atomic E-state index is 0.122. The number of benzene rings is 1. The lowest BCUT2D eigenvalue weighted by Gasteiger charge is -2.37. The molecule has 0 amide bonds. The first-order valence-corrected chi connectivity index (χ1v) is 7.88. The maximum atomic E-state index is 7.78. The van der Waals surface area contributed by atoms with Crippen LogP contribution in [0.4, 0.5) is 5.69 Å². The largest absolute Gasteiger partial charge is 0.384 e. The van der Waals surface area contributed by atoms with Gasteiger partial charge in [0.1, 0.15) is 5.84 Å². The Bertz CT molecular complexity index is 479. The molecule has 5 heteroatoms. The number of rotatable bonds is 4. The van der Waals surface area contributed by atoms with Crippen LogP contribution in [-0.4, -0.2) is 43.5 Å². The van der Waals surface area contributed by atoms with Gasteiger partial charge in [-0.05, 0) is 34.0 Å². The van der Waals surface area contributed by atoms with Crippen molar-refractivity contribution in [2.45, 2.75) is 13.8 Å². The summed E-state index contributed by atoms with van der Waals surface area (Å²) in [4.78, 5) is 4.84. The third-order valence-corrected chi connectivity index (χ3v) is 4.26. The van der Waals surface area contributed by atoms with E-state index in [2.05, 4.69) is 45.6 Å². The van der Waals surface area contributed by atoms with Crippen LogP contribution < -0.4 is 10.6 Å². The predicted octanol–water partition coefficient (Wildman–Crippen LogP) is 2.51. The summed E-state index contributed by atoms with van der Waals surface area (Å²) in [6.45, 7) is 9.80. The minimum Gasteiger partial charge on any atom is -0.384 e. The molecule has 1 aliphatic rings. The number of nitrogen functional groups attached to an aromatic ring is 1. The van der Waals surface area contributed by atoms with Crippen LogP contribution in [0.5, 0.6) is 0 Å². The van der Waals surface area contributed by atoms with E-state index in [1.54, 1.807) is 0 Å². The molecule has 4 nitrogen and oxygen atoms in total. The smallest absolute Gasteiger partial charge is 0.126 e. The molecule has 0 atom stereocenters. The zero-order chi connectivity index (χ0) is 14.7. The lowest BCUT2D eigenvalue weighted by Crippen LogP contribution is -2.47. The van der Waals surface area contributed by atoms with Crippen LogP contribution in [0.1, 0.15) is 19.4 Å². The number of hydrogen-bond donors (Lipinski definition) is 2. The molecule has 0 aliphatic carbocycles. The fraction of sp³-hybridized carbons (Fsp3) is 0.533. The monoisotopic (exact) mass is 338 g/mol. The van der Waals surface area contributed by atoms with Gasteiger partial charge in [0, 0.05) is 42.9 Å². The number of nitrogens with zero attached hydrogens (tertiary/aromatic N) is 2. The van der Waals surface area contributed by atoms with Crippen LogP contribution >= 0.6 is 15.9 Å². The molecule has 0 unspecified atom stereocenters. The van der Waals surface area contributed by atoms with E-state index < -0.39 is 0 Å². The molecule has 2 rings (SSSR count). The molecule has 1 aromatic carbocycles. The quantitative estimate of drug-likeness (QED) is 0.655. The van der Waals surface area contributed by atoms with Gasteiger partial charge in [-0.1, -0.05) is 19.9 Å². The van der Waals surface area contributed by atoms with E-state index in [9.17, 15) is 0 Å². The standard InChI is InChI=1S/C15H23BrN4/c1-11(2)10-19-6-8-20(9-7-19)13-5-3-4-12(16)14(13)15(17)18/h3-5,11H,6-10H2,1-2H3,(H3,17,18). The fourth-order valence-electron chi connectivity index (χ4n) is 2.73. The molecule has 1 aliphatic heterocycles. The summed E-state index contributed by atoms with van der Waals surface area (Å²) in [6, 6.07) is 6.00. The molecule has 1 heterocycles. The van der Waals surface area contributed by atoms with E-state index in [1.165, 1.54) is 0 Å². The number of nitrogens with two attached hydrogens (primary N) is 1. The van der Waals surface area contributed by atoms with Gasteiger partial charge in [0.05, 0.1) is 5.56 Å². The van der Waals surface area contributed by atoms with Crippen molar-refractivity contribution in [1.29, 1.82) is 5.41 Å². The second-order valence-electron chi connectivity index (χ2n) is 5.73. The van der Waals surface area contributed by atoms with Crippen LogP contribution in [0.3, 0.4) is 0 Å². The molecule has 0 aromatic heterocycles. The Morgan fingerprint density at radius 3 is 2.50 bits per heavy atom. The van der Waals surface area contributed by atoms with Gasteiger partial charge in [-0.2, -0.15) is 0 Å². The van der Waals surface area contributed by atoms with Gasteiger partial charge in [-0.25, -0.2) is 0 Å². The number of hydrogen-bond acceptors (Lipinski definition) is 3. The second-order valence-corrected chi connectivity index (χ2v) is 6.58. The van der Waals surface area contributed by atoms with Crippen molar-refractivity contribution < 1.29 is 0 Å². The van der Waals surface area contributed by atoms with Crippen molar-refractivity contribution in [3.05, 3.63) is 28.2 Å². The Labute approximate surface area is 129 Å². The highest BCUT2D eigenvalue weighted by molar-refractivity contribution is 9.10. The average molecular weight is 339 g/mol. The molecular formula is C15H23BrN4. The topological polar surface area (TPSA) is 56.4 Å². The van der Waals surface area contributed by atoms with Crippen LogP contribution in [0, 0.1) is 11.3 Å². The Balaban J connectivity index is 2.11. The maximum absolute atomic E-state index is 7.78. The normalized spacial score (nSPS) is 16.7. The zero-order valence-corrected chi connectivity index (χ0v) is 13.8. The Hall–Kier alpha value is -1.07. The van der Waals surface area contributed by atoms with E-state index in [1.807, 2.05) is 12.1 Å². The van der Waals surface area contributed by atoms with Gasteiger partial charge < -0.3 is 10.6 Å². The molecule has 0 saturated carbocycles. The van der Waals surface area contributed by atoms with E-state index in [0.29, 0.717) is 5.92 Å². The summed E-state index contributed by atoms with van der Waals surface area (Å²) in [5.41, 5.74) is 7.61. The molecule has 110 valence electrons. The van der Waals surface area contributed by atoms with Crippen LogP contribution in [0.25, 0.3) is 0 Å².